The number of hydrogen-bond acceptors (Lipinski definition) is 3. The lowest BCUT2D eigenvalue weighted by Gasteiger charge is -2.17. The fraction of sp³-hybridized carbons (Fsp3) is 0.125. The van der Waals surface area contributed by atoms with Crippen molar-refractivity contribution in [1.82, 2.24) is 4.57 Å². The van der Waals surface area contributed by atoms with Gasteiger partial charge in [-0.05, 0) is 36.4 Å². The van der Waals surface area contributed by atoms with Gasteiger partial charge in [-0.25, -0.2) is 0 Å². The summed E-state index contributed by atoms with van der Waals surface area (Å²) in [4.78, 5) is 14.1. The Kier molecular flexibility index (Phi) is 4.70. The highest BCUT2D eigenvalue weighted by Crippen LogP contribution is 2.40. The number of benzene rings is 1. The standard InChI is InChI=1S/C16H10ClF3N2OS2/c1-21-6-2-3-9(21)8-13-14(23)22(15(24)25-13)10-4-5-12(17)11(7-10)16(18,19)20/h2-8H,1H3/b13-8+. The van der Waals surface area contributed by atoms with Gasteiger partial charge in [0.1, 0.15) is 0 Å². The van der Waals surface area contributed by atoms with Crippen LogP contribution in [0.25, 0.3) is 6.08 Å². The van der Waals surface area contributed by atoms with Crippen LogP contribution in [0.5, 0.6) is 0 Å². The Morgan fingerprint density at radius 3 is 2.60 bits per heavy atom. The Balaban J connectivity index is 1.99. The molecule has 0 radical (unpaired) electrons. The molecule has 1 amide bonds. The van der Waals surface area contributed by atoms with Gasteiger partial charge in [-0.1, -0.05) is 35.6 Å². The molecule has 0 bridgehead atoms. The number of hydrogen-bond donors (Lipinski definition) is 0. The highest BCUT2D eigenvalue weighted by atomic mass is 35.5. The molecule has 1 saturated heterocycles. The van der Waals surface area contributed by atoms with Crippen molar-refractivity contribution in [3.8, 4) is 0 Å². The summed E-state index contributed by atoms with van der Waals surface area (Å²) in [5.41, 5.74) is -0.186. The Labute approximate surface area is 156 Å². The van der Waals surface area contributed by atoms with Crippen molar-refractivity contribution in [3.05, 3.63) is 57.7 Å². The van der Waals surface area contributed by atoms with Crippen LogP contribution >= 0.6 is 35.6 Å². The molecule has 0 N–H and O–H groups in total. The van der Waals surface area contributed by atoms with Crippen molar-refractivity contribution in [2.24, 2.45) is 7.05 Å². The van der Waals surface area contributed by atoms with Crippen LogP contribution in [0.3, 0.4) is 0 Å². The second kappa shape index (κ2) is 6.51. The summed E-state index contributed by atoms with van der Waals surface area (Å²) in [7, 11) is 1.82. The molecule has 1 aliphatic rings. The Bertz CT molecular complexity index is 905. The van der Waals surface area contributed by atoms with E-state index in [1.807, 2.05) is 29.9 Å². The third kappa shape index (κ3) is 3.47. The molecule has 9 heteroatoms. The molecule has 0 saturated carbocycles. The van der Waals surface area contributed by atoms with Crippen molar-refractivity contribution in [2.45, 2.75) is 6.18 Å². The molecule has 0 aliphatic carbocycles. The van der Waals surface area contributed by atoms with Gasteiger partial charge in [-0.3, -0.25) is 9.69 Å². The summed E-state index contributed by atoms with van der Waals surface area (Å²) in [6.45, 7) is 0. The maximum atomic E-state index is 13.0. The van der Waals surface area contributed by atoms with Gasteiger partial charge in [0.15, 0.2) is 4.32 Å². The van der Waals surface area contributed by atoms with Gasteiger partial charge in [0.25, 0.3) is 5.91 Å². The van der Waals surface area contributed by atoms with Gasteiger partial charge < -0.3 is 4.57 Å². The summed E-state index contributed by atoms with van der Waals surface area (Å²) >= 11 is 11.8. The lowest BCUT2D eigenvalue weighted by molar-refractivity contribution is -0.137. The predicted octanol–water partition coefficient (Wildman–Crippen LogP) is 5.10. The fourth-order valence-electron chi connectivity index (χ4n) is 2.32. The quantitative estimate of drug-likeness (QED) is 0.516. The van der Waals surface area contributed by atoms with Crippen LogP contribution in [0, 0.1) is 0 Å². The molecule has 25 heavy (non-hydrogen) atoms. The number of nitrogens with zero attached hydrogens (tertiary/aromatic N) is 2. The average Bonchev–Trinajstić information content (AvgIpc) is 3.03. The summed E-state index contributed by atoms with van der Waals surface area (Å²) in [6, 6.07) is 6.92. The number of carbonyl (C=O) groups excluding carboxylic acids is 1. The minimum atomic E-state index is -4.62. The fourth-order valence-corrected chi connectivity index (χ4v) is 3.83. The molecule has 3 nitrogen and oxygen atoms in total. The Morgan fingerprint density at radius 1 is 1.28 bits per heavy atom. The largest absolute Gasteiger partial charge is 0.417 e. The zero-order chi connectivity index (χ0) is 18.4. The van der Waals surface area contributed by atoms with E-state index in [0.717, 1.165) is 34.5 Å². The first kappa shape index (κ1) is 18.0. The minimum Gasteiger partial charge on any atom is -0.351 e. The van der Waals surface area contributed by atoms with Crippen LogP contribution in [-0.2, 0) is 18.0 Å². The van der Waals surface area contributed by atoms with Gasteiger partial charge in [0.2, 0.25) is 0 Å². The summed E-state index contributed by atoms with van der Waals surface area (Å²) in [5, 5.41) is -0.430. The van der Waals surface area contributed by atoms with Gasteiger partial charge in [-0.15, -0.1) is 0 Å². The van der Waals surface area contributed by atoms with Gasteiger partial charge in [0, 0.05) is 18.9 Å². The second-order valence-electron chi connectivity index (χ2n) is 5.22. The monoisotopic (exact) mass is 402 g/mol. The molecule has 0 atom stereocenters. The zero-order valence-corrected chi connectivity index (χ0v) is 15.1. The van der Waals surface area contributed by atoms with Crippen molar-refractivity contribution in [3.63, 3.8) is 0 Å². The van der Waals surface area contributed by atoms with E-state index in [4.69, 9.17) is 23.8 Å². The molecule has 2 aromatic rings. The molecule has 1 aromatic heterocycles. The number of thioether (sulfide) groups is 1. The lowest BCUT2D eigenvalue weighted by Crippen LogP contribution is -2.27. The number of anilines is 1. The summed E-state index contributed by atoms with van der Waals surface area (Å²) in [6.07, 6.45) is -1.15. The van der Waals surface area contributed by atoms with Crippen LogP contribution < -0.4 is 4.90 Å². The SMILES string of the molecule is Cn1cccc1/C=C1/SC(=S)N(c2ccc(Cl)c(C(F)(F)F)c2)C1=O. The van der Waals surface area contributed by atoms with Gasteiger partial charge in [-0.2, -0.15) is 13.2 Å². The number of alkyl halides is 3. The number of halogens is 4. The summed E-state index contributed by atoms with van der Waals surface area (Å²) < 4.78 is 41.1. The molecule has 3 rings (SSSR count). The van der Waals surface area contributed by atoms with E-state index in [-0.39, 0.29) is 10.0 Å². The number of aryl methyl sites for hydroxylation is 1. The van der Waals surface area contributed by atoms with Crippen LogP contribution in [0.1, 0.15) is 11.3 Å². The van der Waals surface area contributed by atoms with E-state index in [2.05, 4.69) is 0 Å². The van der Waals surface area contributed by atoms with Gasteiger partial charge >= 0.3 is 6.18 Å². The number of amides is 1. The first-order valence-electron chi connectivity index (χ1n) is 6.94. The highest BCUT2D eigenvalue weighted by molar-refractivity contribution is 8.27. The molecule has 1 fully saturated rings. The van der Waals surface area contributed by atoms with Crippen molar-refractivity contribution < 1.29 is 18.0 Å². The number of rotatable bonds is 2. The first-order chi connectivity index (χ1) is 11.7. The molecule has 1 aliphatic heterocycles. The maximum absolute atomic E-state index is 13.0. The molecular weight excluding hydrogens is 393 g/mol. The van der Waals surface area contributed by atoms with E-state index in [9.17, 15) is 18.0 Å². The minimum absolute atomic E-state index is 0.0366. The second-order valence-corrected chi connectivity index (χ2v) is 7.31. The molecule has 0 unspecified atom stereocenters. The Morgan fingerprint density at radius 2 is 2.00 bits per heavy atom. The number of thiocarbonyl (C=S) groups is 1. The summed E-state index contributed by atoms with van der Waals surface area (Å²) in [5.74, 6) is -0.466. The highest BCUT2D eigenvalue weighted by Gasteiger charge is 2.37. The van der Waals surface area contributed by atoms with Crippen molar-refractivity contribution >= 4 is 57.6 Å². The van der Waals surface area contributed by atoms with Crippen LogP contribution in [0.15, 0.2) is 41.4 Å². The number of aromatic nitrogens is 1. The predicted molar refractivity (Wildman–Crippen MR) is 97.5 cm³/mol. The van der Waals surface area contributed by atoms with E-state index in [0.29, 0.717) is 4.91 Å². The Hall–Kier alpha value is -1.77. The van der Waals surface area contributed by atoms with Crippen LogP contribution in [0.2, 0.25) is 5.02 Å². The van der Waals surface area contributed by atoms with Crippen LogP contribution in [-0.4, -0.2) is 14.8 Å². The maximum Gasteiger partial charge on any atom is 0.417 e. The van der Waals surface area contributed by atoms with E-state index < -0.39 is 22.7 Å². The van der Waals surface area contributed by atoms with Crippen molar-refractivity contribution in [1.29, 1.82) is 0 Å². The van der Waals surface area contributed by atoms with Crippen LogP contribution in [0.4, 0.5) is 18.9 Å². The molecule has 130 valence electrons. The molecule has 2 heterocycles. The average molecular weight is 403 g/mol. The molecule has 1 aromatic carbocycles. The normalized spacial score (nSPS) is 17.0. The van der Waals surface area contributed by atoms with E-state index in [1.165, 1.54) is 6.07 Å². The van der Waals surface area contributed by atoms with Gasteiger partial charge in [0.05, 0.1) is 21.2 Å². The smallest absolute Gasteiger partial charge is 0.351 e. The first-order valence-corrected chi connectivity index (χ1v) is 8.55. The lowest BCUT2D eigenvalue weighted by atomic mass is 10.1. The molecular formula is C16H10ClF3N2OS2. The van der Waals surface area contributed by atoms with Crippen molar-refractivity contribution in [2.75, 3.05) is 4.90 Å². The number of carbonyl (C=O) groups is 1. The van der Waals surface area contributed by atoms with E-state index in [1.54, 1.807) is 6.08 Å². The van der Waals surface area contributed by atoms with E-state index >= 15 is 0 Å². The third-order valence-electron chi connectivity index (χ3n) is 3.57. The molecule has 0 spiro atoms. The topological polar surface area (TPSA) is 25.2 Å². The zero-order valence-electron chi connectivity index (χ0n) is 12.7. The third-order valence-corrected chi connectivity index (χ3v) is 5.20.